The molecule has 5 nitrogen and oxygen atoms in total. The number of benzene rings is 2. The molecule has 1 saturated heterocycles. The minimum atomic E-state index is -1.26. The van der Waals surface area contributed by atoms with Crippen molar-refractivity contribution in [3.05, 3.63) is 82.4 Å². The van der Waals surface area contributed by atoms with Crippen LogP contribution in [0.15, 0.2) is 60.7 Å². The van der Waals surface area contributed by atoms with Gasteiger partial charge >= 0.3 is 11.9 Å². The zero-order valence-electron chi connectivity index (χ0n) is 16.6. The fourth-order valence-corrected chi connectivity index (χ4v) is 6.08. The van der Waals surface area contributed by atoms with Crippen LogP contribution < -0.4 is 0 Å². The standard InChI is InChI=1S/C19H20ClNS.C4H4O4/c1-21-12-10-19(11-13-21)16-8-4-2-6-14(16)18(22-19)15-7-3-5-9-17(15)20;5-3(6)1-2-4(7)8/h2-9,18H,10-13H2,1H3;1-2H,(H,5,6)(H,7,8). The number of fused-ring (bicyclic) bond motifs is 2. The molecule has 30 heavy (non-hydrogen) atoms. The maximum absolute atomic E-state index is 9.55. The van der Waals surface area contributed by atoms with E-state index < -0.39 is 11.9 Å². The van der Waals surface area contributed by atoms with Gasteiger partial charge in [0.15, 0.2) is 0 Å². The predicted molar refractivity (Wildman–Crippen MR) is 120 cm³/mol. The highest BCUT2D eigenvalue weighted by atomic mass is 35.5. The second-order valence-corrected chi connectivity index (χ2v) is 9.31. The van der Waals surface area contributed by atoms with Crippen LogP contribution in [0.3, 0.4) is 0 Å². The van der Waals surface area contributed by atoms with E-state index in [1.54, 1.807) is 0 Å². The second-order valence-electron chi connectivity index (χ2n) is 7.41. The summed E-state index contributed by atoms with van der Waals surface area (Å²) in [5.74, 6) is -2.51. The van der Waals surface area contributed by atoms with Crippen LogP contribution in [0.1, 0.15) is 34.8 Å². The molecule has 7 heteroatoms. The highest BCUT2D eigenvalue weighted by Crippen LogP contribution is 2.61. The Kier molecular flexibility index (Phi) is 7.23. The molecule has 0 aliphatic carbocycles. The summed E-state index contributed by atoms with van der Waals surface area (Å²) in [6.45, 7) is 2.35. The summed E-state index contributed by atoms with van der Waals surface area (Å²) < 4.78 is 0.271. The zero-order chi connectivity index (χ0) is 21.7. The van der Waals surface area contributed by atoms with E-state index in [-0.39, 0.29) is 4.75 Å². The fourth-order valence-electron chi connectivity index (χ4n) is 3.92. The van der Waals surface area contributed by atoms with Crippen LogP contribution >= 0.6 is 23.4 Å². The van der Waals surface area contributed by atoms with E-state index in [1.165, 1.54) is 42.6 Å². The Morgan fingerprint density at radius 3 is 2.10 bits per heavy atom. The summed E-state index contributed by atoms with van der Waals surface area (Å²) in [5.41, 5.74) is 4.26. The largest absolute Gasteiger partial charge is 0.478 e. The summed E-state index contributed by atoms with van der Waals surface area (Å²) >= 11 is 8.62. The van der Waals surface area contributed by atoms with Crippen LogP contribution in [-0.2, 0) is 14.3 Å². The van der Waals surface area contributed by atoms with E-state index in [0.717, 1.165) is 5.02 Å². The van der Waals surface area contributed by atoms with Crippen molar-refractivity contribution in [1.82, 2.24) is 4.90 Å². The highest BCUT2D eigenvalue weighted by molar-refractivity contribution is 8.01. The first kappa shape index (κ1) is 22.4. The lowest BCUT2D eigenvalue weighted by Crippen LogP contribution is -2.37. The Morgan fingerprint density at radius 2 is 1.53 bits per heavy atom. The molecule has 158 valence electrons. The first-order chi connectivity index (χ1) is 14.3. The van der Waals surface area contributed by atoms with E-state index >= 15 is 0 Å². The minimum Gasteiger partial charge on any atom is -0.478 e. The van der Waals surface area contributed by atoms with Crippen molar-refractivity contribution >= 4 is 35.3 Å². The van der Waals surface area contributed by atoms with Crippen LogP contribution in [0.4, 0.5) is 0 Å². The second kappa shape index (κ2) is 9.69. The third-order valence-electron chi connectivity index (χ3n) is 5.43. The number of carbonyl (C=O) groups is 2. The van der Waals surface area contributed by atoms with Crippen LogP contribution in [0, 0.1) is 0 Å². The molecule has 2 aromatic carbocycles. The molecule has 2 N–H and O–H groups in total. The van der Waals surface area contributed by atoms with Crippen LogP contribution in [0.5, 0.6) is 0 Å². The topological polar surface area (TPSA) is 77.8 Å². The predicted octanol–water partition coefficient (Wildman–Crippen LogP) is 4.81. The Bertz CT molecular complexity index is 938. The first-order valence-corrected chi connectivity index (χ1v) is 10.9. The fraction of sp³-hybridized carbons (Fsp3) is 0.304. The SMILES string of the molecule is CN1CCC2(CC1)SC(c1ccccc1Cl)c1ccccc12.O=C(O)C=CC(=O)O. The molecule has 0 radical (unpaired) electrons. The van der Waals surface area contributed by atoms with Crippen molar-refractivity contribution in [2.24, 2.45) is 0 Å². The van der Waals surface area contributed by atoms with Gasteiger partial charge in [-0.1, -0.05) is 54.1 Å². The van der Waals surface area contributed by atoms with Gasteiger partial charge in [-0.3, -0.25) is 0 Å². The average molecular weight is 446 g/mol. The van der Waals surface area contributed by atoms with Crippen LogP contribution in [0.25, 0.3) is 0 Å². The van der Waals surface area contributed by atoms with Gasteiger partial charge in [-0.15, -0.1) is 11.8 Å². The molecule has 1 fully saturated rings. The molecule has 0 bridgehead atoms. The minimum absolute atomic E-state index is 0.271. The first-order valence-electron chi connectivity index (χ1n) is 9.66. The molecule has 2 aliphatic rings. The van der Waals surface area contributed by atoms with Gasteiger partial charge < -0.3 is 15.1 Å². The molecular formula is C23H24ClNO4S. The molecule has 2 aliphatic heterocycles. The van der Waals surface area contributed by atoms with Crippen LogP contribution in [-0.4, -0.2) is 47.2 Å². The van der Waals surface area contributed by atoms with Crippen molar-refractivity contribution in [3.8, 4) is 0 Å². The van der Waals surface area contributed by atoms with Crippen molar-refractivity contribution < 1.29 is 19.8 Å². The monoisotopic (exact) mass is 445 g/mol. The van der Waals surface area contributed by atoms with E-state index in [0.29, 0.717) is 17.4 Å². The number of piperidine rings is 1. The average Bonchev–Trinajstić information content (AvgIpc) is 3.04. The molecule has 1 atom stereocenters. The molecule has 4 rings (SSSR count). The number of halogens is 1. The lowest BCUT2D eigenvalue weighted by molar-refractivity contribution is -0.134. The van der Waals surface area contributed by atoms with E-state index in [4.69, 9.17) is 21.8 Å². The molecule has 2 heterocycles. The van der Waals surface area contributed by atoms with Crippen LogP contribution in [0.2, 0.25) is 5.02 Å². The number of likely N-dealkylation sites (tertiary alicyclic amines) is 1. The number of carboxylic acid groups (broad SMARTS) is 2. The van der Waals surface area contributed by atoms with Gasteiger partial charge in [-0.05, 0) is 55.7 Å². The number of hydrogen-bond donors (Lipinski definition) is 2. The molecule has 1 spiro atoms. The summed E-state index contributed by atoms with van der Waals surface area (Å²) in [4.78, 5) is 21.5. The number of hydrogen-bond acceptors (Lipinski definition) is 4. The summed E-state index contributed by atoms with van der Waals surface area (Å²) in [5, 5.41) is 16.9. The molecule has 0 aromatic heterocycles. The van der Waals surface area contributed by atoms with Crippen molar-refractivity contribution in [3.63, 3.8) is 0 Å². The van der Waals surface area contributed by atoms with E-state index in [1.807, 2.05) is 12.1 Å². The number of rotatable bonds is 3. The maximum atomic E-state index is 9.55. The summed E-state index contributed by atoms with van der Waals surface area (Å²) in [6.07, 6.45) is 3.57. The van der Waals surface area contributed by atoms with Gasteiger partial charge in [0.1, 0.15) is 0 Å². The molecule has 1 unspecified atom stereocenters. The Morgan fingerprint density at radius 1 is 1.00 bits per heavy atom. The van der Waals surface area contributed by atoms with Crippen molar-refractivity contribution in [2.75, 3.05) is 20.1 Å². The lowest BCUT2D eigenvalue weighted by Gasteiger charge is -2.38. The Labute approximate surface area is 185 Å². The quantitative estimate of drug-likeness (QED) is 0.660. The highest BCUT2D eigenvalue weighted by Gasteiger charge is 2.46. The molecule has 2 aromatic rings. The van der Waals surface area contributed by atoms with E-state index in [2.05, 4.69) is 60.1 Å². The van der Waals surface area contributed by atoms with Crippen molar-refractivity contribution in [2.45, 2.75) is 22.8 Å². The lowest BCUT2D eigenvalue weighted by atomic mass is 9.84. The van der Waals surface area contributed by atoms with Gasteiger partial charge in [0.25, 0.3) is 0 Å². The smallest absolute Gasteiger partial charge is 0.328 e. The number of nitrogens with zero attached hydrogens (tertiary/aromatic N) is 1. The van der Waals surface area contributed by atoms with Gasteiger partial charge in [0.2, 0.25) is 0 Å². The third-order valence-corrected chi connectivity index (χ3v) is 7.60. The van der Waals surface area contributed by atoms with Gasteiger partial charge in [-0.25, -0.2) is 9.59 Å². The Hall–Kier alpha value is -2.28. The maximum Gasteiger partial charge on any atom is 0.328 e. The molecular weight excluding hydrogens is 422 g/mol. The van der Waals surface area contributed by atoms with Gasteiger partial charge in [0.05, 0.1) is 5.25 Å². The normalized spacial score (nSPS) is 19.9. The summed E-state index contributed by atoms with van der Waals surface area (Å²) in [6, 6.07) is 17.3. The number of aliphatic carboxylic acids is 2. The molecule has 0 saturated carbocycles. The number of carboxylic acids is 2. The third kappa shape index (κ3) is 5.06. The van der Waals surface area contributed by atoms with Gasteiger partial charge in [0, 0.05) is 21.9 Å². The molecule has 0 amide bonds. The number of thioether (sulfide) groups is 1. The van der Waals surface area contributed by atoms with Gasteiger partial charge in [-0.2, -0.15) is 0 Å². The zero-order valence-corrected chi connectivity index (χ0v) is 18.2. The summed E-state index contributed by atoms with van der Waals surface area (Å²) in [7, 11) is 2.23. The Balaban J connectivity index is 0.000000275. The van der Waals surface area contributed by atoms with Crippen molar-refractivity contribution in [1.29, 1.82) is 0 Å². The van der Waals surface area contributed by atoms with E-state index in [9.17, 15) is 9.59 Å².